The molecule has 1 saturated heterocycles. The summed E-state index contributed by atoms with van der Waals surface area (Å²) in [6.07, 6.45) is 0. The molecule has 1 aliphatic carbocycles. The minimum atomic E-state index is 0.0250. The summed E-state index contributed by atoms with van der Waals surface area (Å²) >= 11 is 1.58. The Morgan fingerprint density at radius 3 is 2.75 bits per heavy atom. The molecule has 2 fully saturated rings. The zero-order valence-electron chi connectivity index (χ0n) is 18.0. The predicted molar refractivity (Wildman–Crippen MR) is 126 cm³/mol. The Bertz CT molecular complexity index is 1260. The molecule has 1 saturated carbocycles. The number of anilines is 1. The molecule has 2 aromatic carbocycles. The Labute approximate surface area is 190 Å². The largest absolute Gasteiger partial charge is 0.424 e. The maximum atomic E-state index is 13.7. The van der Waals surface area contributed by atoms with Gasteiger partial charge in [-0.2, -0.15) is 4.98 Å². The van der Waals surface area contributed by atoms with Gasteiger partial charge in [0.15, 0.2) is 5.58 Å². The van der Waals surface area contributed by atoms with Gasteiger partial charge in [0.05, 0.1) is 15.9 Å². The molecule has 32 heavy (non-hydrogen) atoms. The van der Waals surface area contributed by atoms with E-state index >= 15 is 0 Å². The van der Waals surface area contributed by atoms with Crippen molar-refractivity contribution in [1.82, 2.24) is 14.9 Å². The van der Waals surface area contributed by atoms with Gasteiger partial charge in [-0.3, -0.25) is 4.79 Å². The first-order valence-electron chi connectivity index (χ1n) is 11.0. The molecule has 2 aromatic heterocycles. The fraction of sp³-hybridized carbons (Fsp3) is 0.320. The van der Waals surface area contributed by atoms with Crippen LogP contribution in [0.1, 0.15) is 22.4 Å². The van der Waals surface area contributed by atoms with Crippen molar-refractivity contribution in [3.8, 4) is 10.4 Å². The summed E-state index contributed by atoms with van der Waals surface area (Å²) in [5.74, 6) is 1.74. The van der Waals surface area contributed by atoms with Crippen LogP contribution in [0, 0.1) is 24.7 Å². The van der Waals surface area contributed by atoms with Gasteiger partial charge >= 0.3 is 0 Å². The third kappa shape index (κ3) is 3.19. The molecule has 6 nitrogen and oxygen atoms in total. The first-order chi connectivity index (χ1) is 15.6. The molecule has 3 heterocycles. The Morgan fingerprint density at radius 2 is 1.94 bits per heavy atom. The van der Waals surface area contributed by atoms with E-state index in [-0.39, 0.29) is 11.9 Å². The molecule has 0 unspecified atom stereocenters. The average molecular weight is 445 g/mol. The monoisotopic (exact) mass is 444 g/mol. The zero-order valence-corrected chi connectivity index (χ0v) is 18.8. The van der Waals surface area contributed by atoms with Gasteiger partial charge in [-0.15, -0.1) is 11.3 Å². The smallest absolute Gasteiger partial charge is 0.295 e. The second-order valence-electron chi connectivity index (χ2n) is 8.77. The predicted octanol–water partition coefficient (Wildman–Crippen LogP) is 5.08. The molecule has 0 spiro atoms. The van der Waals surface area contributed by atoms with E-state index in [1.54, 1.807) is 11.3 Å². The van der Waals surface area contributed by atoms with Crippen LogP contribution in [0.25, 0.3) is 21.5 Å². The summed E-state index contributed by atoms with van der Waals surface area (Å²) in [6.45, 7) is 5.65. The zero-order chi connectivity index (χ0) is 21.8. The minimum absolute atomic E-state index is 0.0250. The maximum Gasteiger partial charge on any atom is 0.295 e. The molecule has 7 heteroatoms. The Balaban J connectivity index is 1.26. The molecule has 162 valence electrons. The number of piperidine rings is 1. The number of amides is 1. The van der Waals surface area contributed by atoms with Gasteiger partial charge < -0.3 is 14.6 Å². The molecule has 6 rings (SSSR count). The van der Waals surface area contributed by atoms with E-state index < -0.39 is 0 Å². The summed E-state index contributed by atoms with van der Waals surface area (Å²) in [6, 6.07) is 18.4. The molecule has 1 N–H and O–H groups in total. The summed E-state index contributed by atoms with van der Waals surface area (Å²) < 4.78 is 5.83. The van der Waals surface area contributed by atoms with Crippen LogP contribution in [-0.2, 0) is 0 Å². The van der Waals surface area contributed by atoms with E-state index in [1.165, 1.54) is 0 Å². The molecule has 0 bridgehead atoms. The third-order valence-electron chi connectivity index (χ3n) is 6.88. The highest BCUT2D eigenvalue weighted by atomic mass is 32.1. The lowest BCUT2D eigenvalue weighted by molar-refractivity contribution is 0.0700. The van der Waals surface area contributed by atoms with Crippen molar-refractivity contribution >= 4 is 34.4 Å². The molecule has 0 radical (unpaired) electrons. The number of fused-ring (bicyclic) bond motifs is 2. The van der Waals surface area contributed by atoms with Crippen molar-refractivity contribution in [2.45, 2.75) is 19.9 Å². The average Bonchev–Trinajstić information content (AvgIpc) is 3.21. The molecule has 1 amide bonds. The van der Waals surface area contributed by atoms with Gasteiger partial charge in [-0.25, -0.2) is 4.98 Å². The number of carbonyl (C=O) groups is 1. The molecule has 4 aromatic rings. The second kappa shape index (κ2) is 7.45. The number of aryl methyl sites for hydroxylation is 1. The van der Waals surface area contributed by atoms with Crippen molar-refractivity contribution in [3.63, 3.8) is 0 Å². The number of thiazole rings is 1. The van der Waals surface area contributed by atoms with Crippen LogP contribution < -0.4 is 5.32 Å². The summed E-state index contributed by atoms with van der Waals surface area (Å²) in [4.78, 5) is 25.8. The van der Waals surface area contributed by atoms with Crippen molar-refractivity contribution < 1.29 is 9.21 Å². The topological polar surface area (TPSA) is 71.3 Å². The summed E-state index contributed by atoms with van der Waals surface area (Å²) in [5.41, 5.74) is 3.20. The Kier molecular flexibility index (Phi) is 4.54. The van der Waals surface area contributed by atoms with Gasteiger partial charge in [0.1, 0.15) is 11.2 Å². The standard InChI is InChI=1S/C25H24N4O2S/c1-14-17-13-29(24(30)22-23(32-15(2)27-22)16-8-4-3-5-9-16)19(21(14)17)12-26-25-28-18-10-6-7-11-20(18)31-25/h3-11,14,17,19,21H,12-13H2,1-2H3,(H,26,28)/t14-,17+,19-,21-/m1/s1. The fourth-order valence-corrected chi connectivity index (χ4v) is 6.10. The van der Waals surface area contributed by atoms with E-state index in [1.807, 2.05) is 66.4 Å². The highest BCUT2D eigenvalue weighted by molar-refractivity contribution is 7.15. The van der Waals surface area contributed by atoms with Crippen molar-refractivity contribution in [1.29, 1.82) is 0 Å². The van der Waals surface area contributed by atoms with E-state index in [4.69, 9.17) is 4.42 Å². The second-order valence-corrected chi connectivity index (χ2v) is 9.97. The number of oxazole rings is 1. The normalized spacial score (nSPS) is 24.0. The number of benzene rings is 2. The van der Waals surface area contributed by atoms with Gasteiger partial charge in [0.25, 0.3) is 11.9 Å². The SMILES string of the molecule is Cc1nc(C(=O)N2C[C@H]3[C@@H](C)[C@H]3[C@H]2CNc2nc3ccccc3o2)c(-c2ccccc2)s1. The number of carbonyl (C=O) groups excluding carboxylic acids is 1. The number of para-hydroxylation sites is 2. The number of likely N-dealkylation sites (tertiary alicyclic amines) is 1. The van der Waals surface area contributed by atoms with Crippen LogP contribution in [0.3, 0.4) is 0 Å². The van der Waals surface area contributed by atoms with Gasteiger partial charge in [0, 0.05) is 13.1 Å². The number of hydrogen-bond donors (Lipinski definition) is 1. The lowest BCUT2D eigenvalue weighted by Crippen LogP contribution is -2.43. The number of aromatic nitrogens is 2. The van der Waals surface area contributed by atoms with E-state index in [0.717, 1.165) is 33.1 Å². The number of nitrogens with one attached hydrogen (secondary N) is 1. The molecule has 4 atom stereocenters. The first kappa shape index (κ1) is 19.5. The van der Waals surface area contributed by atoms with Crippen LogP contribution in [0.15, 0.2) is 59.0 Å². The van der Waals surface area contributed by atoms with Crippen molar-refractivity contribution in [2.75, 3.05) is 18.4 Å². The highest BCUT2D eigenvalue weighted by Crippen LogP contribution is 2.55. The van der Waals surface area contributed by atoms with Gasteiger partial charge in [-0.05, 0) is 42.4 Å². The van der Waals surface area contributed by atoms with Crippen LogP contribution in [0.2, 0.25) is 0 Å². The fourth-order valence-electron chi connectivity index (χ4n) is 5.19. The Hall–Kier alpha value is -3.19. The van der Waals surface area contributed by atoms with Crippen LogP contribution in [0.5, 0.6) is 0 Å². The highest BCUT2D eigenvalue weighted by Gasteiger charge is 2.60. The van der Waals surface area contributed by atoms with E-state index in [0.29, 0.717) is 36.0 Å². The van der Waals surface area contributed by atoms with Crippen molar-refractivity contribution in [2.24, 2.45) is 17.8 Å². The Morgan fingerprint density at radius 1 is 1.16 bits per heavy atom. The van der Waals surface area contributed by atoms with E-state index in [9.17, 15) is 4.79 Å². The van der Waals surface area contributed by atoms with Crippen LogP contribution in [0.4, 0.5) is 6.01 Å². The lowest BCUT2D eigenvalue weighted by atomic mass is 10.1. The summed E-state index contributed by atoms with van der Waals surface area (Å²) in [5, 5.41) is 4.26. The van der Waals surface area contributed by atoms with Crippen LogP contribution >= 0.6 is 11.3 Å². The number of rotatable bonds is 5. The quantitative estimate of drug-likeness (QED) is 0.465. The third-order valence-corrected chi connectivity index (χ3v) is 7.90. The maximum absolute atomic E-state index is 13.7. The summed E-state index contributed by atoms with van der Waals surface area (Å²) in [7, 11) is 0. The first-order valence-corrected chi connectivity index (χ1v) is 11.8. The molecular weight excluding hydrogens is 420 g/mol. The van der Waals surface area contributed by atoms with Gasteiger partial charge in [0.2, 0.25) is 0 Å². The minimum Gasteiger partial charge on any atom is -0.424 e. The number of hydrogen-bond acceptors (Lipinski definition) is 6. The molecular formula is C25H24N4O2S. The lowest BCUT2D eigenvalue weighted by Gasteiger charge is -2.28. The molecule has 1 aliphatic heterocycles. The van der Waals surface area contributed by atoms with Gasteiger partial charge in [-0.1, -0.05) is 49.4 Å². The molecule has 2 aliphatic rings. The number of nitrogens with zero attached hydrogens (tertiary/aromatic N) is 3. The van der Waals surface area contributed by atoms with Crippen LogP contribution in [-0.4, -0.2) is 39.9 Å². The van der Waals surface area contributed by atoms with E-state index in [2.05, 4.69) is 22.2 Å². The van der Waals surface area contributed by atoms with Crippen molar-refractivity contribution in [3.05, 3.63) is 65.3 Å².